The molecule has 1 fully saturated rings. The van der Waals surface area contributed by atoms with Crippen molar-refractivity contribution in [3.8, 4) is 5.75 Å². The van der Waals surface area contributed by atoms with Crippen molar-refractivity contribution < 1.29 is 17.9 Å². The highest BCUT2D eigenvalue weighted by Gasteiger charge is 2.33. The van der Waals surface area contributed by atoms with Crippen molar-refractivity contribution in [2.24, 2.45) is 20.0 Å². The summed E-state index contributed by atoms with van der Waals surface area (Å²) in [5.74, 6) is -0.125. The molecule has 0 saturated carbocycles. The van der Waals surface area contributed by atoms with Crippen molar-refractivity contribution in [2.75, 3.05) is 25.5 Å². The number of carbonyl (C=O) groups is 1. The summed E-state index contributed by atoms with van der Waals surface area (Å²) in [6.07, 6.45) is 1.20. The van der Waals surface area contributed by atoms with E-state index in [-0.39, 0.29) is 23.0 Å². The second kappa shape index (κ2) is 8.44. The van der Waals surface area contributed by atoms with Gasteiger partial charge >= 0.3 is 5.69 Å². The van der Waals surface area contributed by atoms with Gasteiger partial charge in [0.15, 0.2) is 0 Å². The molecular formula is C22H26N4O5S. The molecule has 1 saturated heterocycles. The van der Waals surface area contributed by atoms with Crippen LogP contribution in [0.1, 0.15) is 12.8 Å². The third kappa shape index (κ3) is 3.91. The minimum absolute atomic E-state index is 0.117. The van der Waals surface area contributed by atoms with Gasteiger partial charge in [0.05, 0.1) is 29.0 Å². The first-order valence-electron chi connectivity index (χ1n) is 10.3. The number of anilines is 1. The summed E-state index contributed by atoms with van der Waals surface area (Å²) in [4.78, 5) is 25.2. The highest BCUT2D eigenvalue weighted by atomic mass is 32.2. The molecular weight excluding hydrogens is 432 g/mol. The summed E-state index contributed by atoms with van der Waals surface area (Å²) in [6, 6.07) is 11.5. The molecule has 1 atom stereocenters. The Morgan fingerprint density at radius 1 is 1.06 bits per heavy atom. The van der Waals surface area contributed by atoms with Gasteiger partial charge in [0, 0.05) is 32.9 Å². The molecule has 2 heterocycles. The maximum Gasteiger partial charge on any atom is 0.328 e. The van der Waals surface area contributed by atoms with E-state index in [1.165, 1.54) is 28.1 Å². The van der Waals surface area contributed by atoms with E-state index >= 15 is 0 Å². The number of benzene rings is 2. The van der Waals surface area contributed by atoms with E-state index < -0.39 is 15.9 Å². The van der Waals surface area contributed by atoms with E-state index in [1.54, 1.807) is 49.0 Å². The van der Waals surface area contributed by atoms with Crippen LogP contribution in [-0.4, -0.2) is 48.0 Å². The van der Waals surface area contributed by atoms with Gasteiger partial charge in [0.1, 0.15) is 5.75 Å². The lowest BCUT2D eigenvalue weighted by Gasteiger charge is -2.31. The number of nitrogens with zero attached hydrogens (tertiary/aromatic N) is 3. The van der Waals surface area contributed by atoms with Crippen LogP contribution in [0.25, 0.3) is 11.0 Å². The topological polar surface area (TPSA) is 103 Å². The van der Waals surface area contributed by atoms with E-state index in [2.05, 4.69) is 5.32 Å². The number of methoxy groups -OCH3 is 1. The van der Waals surface area contributed by atoms with Gasteiger partial charge in [-0.1, -0.05) is 0 Å². The van der Waals surface area contributed by atoms with Crippen LogP contribution in [-0.2, 0) is 28.9 Å². The Morgan fingerprint density at radius 2 is 1.75 bits per heavy atom. The lowest BCUT2D eigenvalue weighted by atomic mass is 9.98. The lowest BCUT2D eigenvalue weighted by Crippen LogP contribution is -2.43. The van der Waals surface area contributed by atoms with E-state index in [0.29, 0.717) is 36.3 Å². The second-order valence-corrected chi connectivity index (χ2v) is 9.91. The zero-order chi connectivity index (χ0) is 23.0. The number of hydrogen-bond acceptors (Lipinski definition) is 5. The third-order valence-electron chi connectivity index (χ3n) is 5.99. The zero-order valence-electron chi connectivity index (χ0n) is 18.2. The zero-order valence-corrected chi connectivity index (χ0v) is 19.1. The number of nitrogens with one attached hydrogen (secondary N) is 1. The van der Waals surface area contributed by atoms with Gasteiger partial charge in [-0.2, -0.15) is 4.31 Å². The number of piperidine rings is 1. The highest BCUT2D eigenvalue weighted by molar-refractivity contribution is 7.89. The molecule has 4 rings (SSSR count). The van der Waals surface area contributed by atoms with E-state index in [0.717, 1.165) is 5.52 Å². The van der Waals surface area contributed by atoms with Crippen molar-refractivity contribution >= 4 is 32.7 Å². The number of amides is 1. The fraction of sp³-hybridized carbons (Fsp3) is 0.364. The van der Waals surface area contributed by atoms with Crippen LogP contribution in [0.2, 0.25) is 0 Å². The maximum absolute atomic E-state index is 13.1. The standard InChI is InChI=1S/C22H26N4O5S/c1-24-19-11-6-16(13-20(19)25(2)22(24)28)23-21(27)15-5-4-12-26(14-15)32(29,30)18-9-7-17(31-3)8-10-18/h6-11,13,15H,4-5,12,14H2,1-3H3,(H,23,27)/t15-/m0/s1. The second-order valence-electron chi connectivity index (χ2n) is 7.97. The molecule has 1 amide bonds. The van der Waals surface area contributed by atoms with Crippen molar-refractivity contribution in [3.05, 3.63) is 52.9 Å². The molecule has 0 radical (unpaired) electrons. The molecule has 0 spiro atoms. The molecule has 2 aromatic carbocycles. The number of imidazole rings is 1. The van der Waals surface area contributed by atoms with E-state index in [9.17, 15) is 18.0 Å². The van der Waals surface area contributed by atoms with Crippen LogP contribution in [0, 0.1) is 5.92 Å². The SMILES string of the molecule is COc1ccc(S(=O)(=O)N2CCC[C@H](C(=O)Nc3ccc4c(c3)n(C)c(=O)n4C)C2)cc1. The van der Waals surface area contributed by atoms with Crippen LogP contribution < -0.4 is 15.7 Å². The number of sulfonamides is 1. The van der Waals surface area contributed by atoms with Crippen LogP contribution >= 0.6 is 0 Å². The minimum atomic E-state index is -3.71. The summed E-state index contributed by atoms with van der Waals surface area (Å²) >= 11 is 0. The first kappa shape index (κ1) is 22.1. The summed E-state index contributed by atoms with van der Waals surface area (Å²) in [5, 5.41) is 2.88. The van der Waals surface area contributed by atoms with Gasteiger partial charge in [-0.25, -0.2) is 13.2 Å². The largest absolute Gasteiger partial charge is 0.497 e. The first-order valence-corrected chi connectivity index (χ1v) is 11.8. The molecule has 0 unspecified atom stereocenters. The Balaban J connectivity index is 1.50. The monoisotopic (exact) mass is 458 g/mol. The molecule has 32 heavy (non-hydrogen) atoms. The minimum Gasteiger partial charge on any atom is -0.497 e. The van der Waals surface area contributed by atoms with Crippen molar-refractivity contribution in [2.45, 2.75) is 17.7 Å². The average Bonchev–Trinajstić information content (AvgIpc) is 3.02. The molecule has 0 bridgehead atoms. The number of ether oxygens (including phenoxy) is 1. The number of hydrogen-bond donors (Lipinski definition) is 1. The fourth-order valence-corrected chi connectivity index (χ4v) is 5.62. The van der Waals surface area contributed by atoms with Gasteiger partial charge in [-0.05, 0) is 55.3 Å². The first-order chi connectivity index (χ1) is 15.2. The fourth-order valence-electron chi connectivity index (χ4n) is 4.10. The van der Waals surface area contributed by atoms with Gasteiger partial charge < -0.3 is 10.1 Å². The summed E-state index contributed by atoms with van der Waals surface area (Å²) < 4.78 is 35.6. The molecule has 0 aliphatic carbocycles. The van der Waals surface area contributed by atoms with E-state index in [4.69, 9.17) is 4.74 Å². The van der Waals surface area contributed by atoms with Gasteiger partial charge in [0.25, 0.3) is 0 Å². The normalized spacial score (nSPS) is 17.4. The molecule has 1 N–H and O–H groups in total. The smallest absolute Gasteiger partial charge is 0.328 e. The summed E-state index contributed by atoms with van der Waals surface area (Å²) in [7, 11) is 1.19. The molecule has 1 aliphatic heterocycles. The Kier molecular flexibility index (Phi) is 5.83. The number of aromatic nitrogens is 2. The quantitative estimate of drug-likeness (QED) is 0.629. The number of aryl methyl sites for hydroxylation is 2. The Hall–Kier alpha value is -3.11. The number of fused-ring (bicyclic) bond motifs is 1. The Labute approximate surface area is 186 Å². The predicted octanol–water partition coefficient (Wildman–Crippen LogP) is 1.92. The average molecular weight is 459 g/mol. The van der Waals surface area contributed by atoms with Crippen LogP contribution in [0.4, 0.5) is 5.69 Å². The predicted molar refractivity (Wildman–Crippen MR) is 121 cm³/mol. The molecule has 3 aromatic rings. The van der Waals surface area contributed by atoms with Crippen molar-refractivity contribution in [1.82, 2.24) is 13.4 Å². The highest BCUT2D eigenvalue weighted by Crippen LogP contribution is 2.26. The third-order valence-corrected chi connectivity index (χ3v) is 7.87. The lowest BCUT2D eigenvalue weighted by molar-refractivity contribution is -0.120. The Bertz CT molecular complexity index is 1320. The van der Waals surface area contributed by atoms with Gasteiger partial charge in [0.2, 0.25) is 15.9 Å². The molecule has 10 heteroatoms. The molecule has 1 aromatic heterocycles. The van der Waals surface area contributed by atoms with Crippen molar-refractivity contribution in [3.63, 3.8) is 0 Å². The molecule has 170 valence electrons. The van der Waals surface area contributed by atoms with Crippen LogP contribution in [0.5, 0.6) is 5.75 Å². The molecule has 9 nitrogen and oxygen atoms in total. The van der Waals surface area contributed by atoms with Crippen LogP contribution in [0.3, 0.4) is 0 Å². The summed E-state index contributed by atoms with van der Waals surface area (Å²) in [6.45, 7) is 0.489. The van der Waals surface area contributed by atoms with E-state index in [1.807, 2.05) is 0 Å². The number of carbonyl (C=O) groups excluding carboxylic acids is 1. The summed E-state index contributed by atoms with van der Waals surface area (Å²) in [5.41, 5.74) is 1.90. The maximum atomic E-state index is 13.1. The number of rotatable bonds is 5. The van der Waals surface area contributed by atoms with Crippen molar-refractivity contribution in [1.29, 1.82) is 0 Å². The van der Waals surface area contributed by atoms with Gasteiger partial charge in [-0.3, -0.25) is 13.9 Å². The molecule has 1 aliphatic rings. The van der Waals surface area contributed by atoms with Crippen LogP contribution in [0.15, 0.2) is 52.2 Å². The van der Waals surface area contributed by atoms with Gasteiger partial charge in [-0.15, -0.1) is 0 Å². The Morgan fingerprint density at radius 3 is 2.44 bits per heavy atom.